The number of hydrogen-bond donors (Lipinski definition) is 2. The molecule has 0 aliphatic carbocycles. The van der Waals surface area contributed by atoms with Crippen LogP contribution in [0.2, 0.25) is 0 Å². The molecule has 1 aromatic heterocycles. The maximum Gasteiger partial charge on any atom is 0.270 e. The summed E-state index contributed by atoms with van der Waals surface area (Å²) >= 11 is 3.21. The Morgan fingerprint density at radius 2 is 2.22 bits per heavy atom. The number of halogens is 1. The zero-order valence-electron chi connectivity index (χ0n) is 10.8. The molecule has 0 aromatic carbocycles. The maximum absolute atomic E-state index is 11.8. The van der Waals surface area contributed by atoms with Gasteiger partial charge in [0.05, 0.1) is 5.60 Å². The number of carbonyl (C=O) groups is 1. The Labute approximate surface area is 115 Å². The van der Waals surface area contributed by atoms with E-state index in [-0.39, 0.29) is 12.5 Å². The standard InChI is InChI=1S/C12H18BrN3O2/c1-12(18,8-16(2)3)7-14-11(17)9-5-4-6-10(13)15-9/h4-6,18H,7-8H2,1-3H3,(H,14,17). The van der Waals surface area contributed by atoms with Crippen molar-refractivity contribution in [1.82, 2.24) is 15.2 Å². The second kappa shape index (κ2) is 6.26. The van der Waals surface area contributed by atoms with Gasteiger partial charge in [-0.05, 0) is 49.1 Å². The van der Waals surface area contributed by atoms with Crippen molar-refractivity contribution in [1.29, 1.82) is 0 Å². The Bertz CT molecular complexity index is 422. The number of pyridine rings is 1. The molecule has 0 aliphatic heterocycles. The Kier molecular flexibility index (Phi) is 5.25. The van der Waals surface area contributed by atoms with Crippen LogP contribution in [0.1, 0.15) is 17.4 Å². The molecule has 1 rings (SSSR count). The van der Waals surface area contributed by atoms with E-state index in [1.807, 2.05) is 19.0 Å². The smallest absolute Gasteiger partial charge is 0.270 e. The van der Waals surface area contributed by atoms with Crippen LogP contribution in [0.15, 0.2) is 22.8 Å². The van der Waals surface area contributed by atoms with E-state index in [4.69, 9.17) is 0 Å². The van der Waals surface area contributed by atoms with Gasteiger partial charge in [0, 0.05) is 13.1 Å². The SMILES string of the molecule is CN(C)CC(C)(O)CNC(=O)c1cccc(Br)n1. The fourth-order valence-electron chi connectivity index (χ4n) is 1.63. The van der Waals surface area contributed by atoms with E-state index in [2.05, 4.69) is 26.2 Å². The molecule has 1 atom stereocenters. The number of nitrogens with zero attached hydrogens (tertiary/aromatic N) is 2. The maximum atomic E-state index is 11.8. The minimum atomic E-state index is -0.967. The second-order valence-electron chi connectivity index (χ2n) is 4.76. The van der Waals surface area contributed by atoms with Crippen molar-refractivity contribution < 1.29 is 9.90 Å². The van der Waals surface area contributed by atoms with Crippen molar-refractivity contribution in [2.75, 3.05) is 27.2 Å². The lowest BCUT2D eigenvalue weighted by Gasteiger charge is -2.26. The molecule has 6 heteroatoms. The van der Waals surface area contributed by atoms with Crippen LogP contribution in [0.25, 0.3) is 0 Å². The molecule has 5 nitrogen and oxygen atoms in total. The molecule has 1 unspecified atom stereocenters. The van der Waals surface area contributed by atoms with E-state index in [0.29, 0.717) is 16.8 Å². The molecule has 1 heterocycles. The molecular weight excluding hydrogens is 298 g/mol. The third kappa shape index (κ3) is 5.12. The molecule has 1 amide bonds. The van der Waals surface area contributed by atoms with Crippen molar-refractivity contribution in [2.45, 2.75) is 12.5 Å². The molecule has 0 spiro atoms. The summed E-state index contributed by atoms with van der Waals surface area (Å²) in [4.78, 5) is 17.7. The number of aromatic nitrogens is 1. The number of nitrogens with one attached hydrogen (secondary N) is 1. The first-order chi connectivity index (χ1) is 8.30. The fourth-order valence-corrected chi connectivity index (χ4v) is 1.98. The highest BCUT2D eigenvalue weighted by atomic mass is 79.9. The molecule has 0 aliphatic rings. The summed E-state index contributed by atoms with van der Waals surface area (Å²) in [5.41, 5.74) is -0.643. The van der Waals surface area contributed by atoms with E-state index < -0.39 is 5.60 Å². The molecule has 18 heavy (non-hydrogen) atoms. The lowest BCUT2D eigenvalue weighted by Crippen LogP contribution is -2.47. The predicted octanol–water partition coefficient (Wildman–Crippen LogP) is 0.886. The highest BCUT2D eigenvalue weighted by Gasteiger charge is 2.22. The number of rotatable bonds is 5. The average molecular weight is 316 g/mol. The van der Waals surface area contributed by atoms with Crippen LogP contribution < -0.4 is 5.32 Å². The second-order valence-corrected chi connectivity index (χ2v) is 5.58. The predicted molar refractivity (Wildman–Crippen MR) is 73.4 cm³/mol. The van der Waals surface area contributed by atoms with Crippen molar-refractivity contribution in [3.8, 4) is 0 Å². The summed E-state index contributed by atoms with van der Waals surface area (Å²) in [6, 6.07) is 5.11. The van der Waals surface area contributed by atoms with Crippen molar-refractivity contribution >= 4 is 21.8 Å². The number of carbonyl (C=O) groups excluding carboxylic acids is 1. The quantitative estimate of drug-likeness (QED) is 0.792. The summed E-state index contributed by atoms with van der Waals surface area (Å²) in [6.45, 7) is 2.33. The zero-order valence-corrected chi connectivity index (χ0v) is 12.4. The minimum absolute atomic E-state index is 0.179. The molecule has 0 radical (unpaired) electrons. The number of likely N-dealkylation sites (N-methyl/N-ethyl adjacent to an activating group) is 1. The van der Waals surface area contributed by atoms with Gasteiger partial charge < -0.3 is 15.3 Å². The number of hydrogen-bond acceptors (Lipinski definition) is 4. The topological polar surface area (TPSA) is 65.5 Å². The molecule has 0 saturated heterocycles. The third-order valence-corrected chi connectivity index (χ3v) is 2.68. The molecular formula is C12H18BrN3O2. The first-order valence-electron chi connectivity index (χ1n) is 5.58. The molecule has 0 fully saturated rings. The molecule has 0 bridgehead atoms. The van der Waals surface area contributed by atoms with Gasteiger partial charge in [-0.2, -0.15) is 0 Å². The van der Waals surface area contributed by atoms with Gasteiger partial charge in [0.2, 0.25) is 0 Å². The van der Waals surface area contributed by atoms with Gasteiger partial charge in [-0.25, -0.2) is 4.98 Å². The summed E-state index contributed by atoms with van der Waals surface area (Å²) in [5, 5.41) is 12.7. The van der Waals surface area contributed by atoms with E-state index in [1.54, 1.807) is 25.1 Å². The Morgan fingerprint density at radius 1 is 1.56 bits per heavy atom. The van der Waals surface area contributed by atoms with E-state index in [9.17, 15) is 9.90 Å². The molecule has 0 saturated carbocycles. The van der Waals surface area contributed by atoms with E-state index in [0.717, 1.165) is 0 Å². The fraction of sp³-hybridized carbons (Fsp3) is 0.500. The summed E-state index contributed by atoms with van der Waals surface area (Å²) in [7, 11) is 3.73. The van der Waals surface area contributed by atoms with Crippen LogP contribution in [0.4, 0.5) is 0 Å². The van der Waals surface area contributed by atoms with Crippen LogP contribution in [-0.4, -0.2) is 53.7 Å². The average Bonchev–Trinajstić information content (AvgIpc) is 2.24. The lowest BCUT2D eigenvalue weighted by molar-refractivity contribution is 0.0325. The van der Waals surface area contributed by atoms with Gasteiger partial charge in [-0.3, -0.25) is 4.79 Å². The Morgan fingerprint density at radius 3 is 2.78 bits per heavy atom. The van der Waals surface area contributed by atoms with Gasteiger partial charge in [-0.15, -0.1) is 0 Å². The molecule has 2 N–H and O–H groups in total. The normalized spacial score (nSPS) is 14.3. The van der Waals surface area contributed by atoms with Crippen LogP contribution in [0, 0.1) is 0 Å². The van der Waals surface area contributed by atoms with Gasteiger partial charge in [0.1, 0.15) is 10.3 Å². The van der Waals surface area contributed by atoms with Gasteiger partial charge in [0.25, 0.3) is 5.91 Å². The molecule has 100 valence electrons. The zero-order chi connectivity index (χ0) is 13.8. The first-order valence-corrected chi connectivity index (χ1v) is 6.37. The van der Waals surface area contributed by atoms with Gasteiger partial charge in [-0.1, -0.05) is 6.07 Å². The largest absolute Gasteiger partial charge is 0.387 e. The summed E-state index contributed by atoms with van der Waals surface area (Å²) in [5.74, 6) is -0.296. The highest BCUT2D eigenvalue weighted by molar-refractivity contribution is 9.10. The van der Waals surface area contributed by atoms with Crippen molar-refractivity contribution in [3.05, 3.63) is 28.5 Å². The monoisotopic (exact) mass is 315 g/mol. The highest BCUT2D eigenvalue weighted by Crippen LogP contribution is 2.07. The van der Waals surface area contributed by atoms with Crippen LogP contribution in [0.3, 0.4) is 0 Å². The van der Waals surface area contributed by atoms with Crippen LogP contribution in [0.5, 0.6) is 0 Å². The first kappa shape index (κ1) is 15.1. The summed E-state index contributed by atoms with van der Waals surface area (Å²) in [6.07, 6.45) is 0. The number of aliphatic hydroxyl groups is 1. The third-order valence-electron chi connectivity index (χ3n) is 2.23. The molecule has 1 aromatic rings. The Balaban J connectivity index is 2.56. The Hall–Kier alpha value is -0.980. The van der Waals surface area contributed by atoms with E-state index >= 15 is 0 Å². The summed E-state index contributed by atoms with van der Waals surface area (Å²) < 4.78 is 0.607. The lowest BCUT2D eigenvalue weighted by atomic mass is 10.1. The van der Waals surface area contributed by atoms with Crippen LogP contribution in [-0.2, 0) is 0 Å². The van der Waals surface area contributed by atoms with E-state index in [1.165, 1.54) is 0 Å². The minimum Gasteiger partial charge on any atom is -0.387 e. The number of amides is 1. The van der Waals surface area contributed by atoms with Gasteiger partial charge >= 0.3 is 0 Å². The van der Waals surface area contributed by atoms with Crippen LogP contribution >= 0.6 is 15.9 Å². The van der Waals surface area contributed by atoms with Gasteiger partial charge in [0.15, 0.2) is 0 Å². The van der Waals surface area contributed by atoms with Crippen molar-refractivity contribution in [3.63, 3.8) is 0 Å². The van der Waals surface area contributed by atoms with Crippen molar-refractivity contribution in [2.24, 2.45) is 0 Å².